The van der Waals surface area contributed by atoms with Crippen molar-refractivity contribution in [2.24, 2.45) is 11.3 Å². The van der Waals surface area contributed by atoms with Crippen molar-refractivity contribution in [3.05, 3.63) is 0 Å². The van der Waals surface area contributed by atoms with E-state index in [0.29, 0.717) is 11.8 Å². The van der Waals surface area contributed by atoms with Crippen LogP contribution in [-0.2, 0) is 4.79 Å². The second-order valence-electron chi connectivity index (χ2n) is 6.44. The predicted octanol–water partition coefficient (Wildman–Crippen LogP) is 2.59. The minimum absolute atomic E-state index is 0. The van der Waals surface area contributed by atoms with Crippen LogP contribution in [0.25, 0.3) is 0 Å². The molecule has 1 saturated carbocycles. The van der Waals surface area contributed by atoms with Gasteiger partial charge in [0.2, 0.25) is 5.91 Å². The maximum atomic E-state index is 13.0. The van der Waals surface area contributed by atoms with Crippen LogP contribution in [0, 0.1) is 11.3 Å². The van der Waals surface area contributed by atoms with Gasteiger partial charge < -0.3 is 10.2 Å². The van der Waals surface area contributed by atoms with Crippen molar-refractivity contribution in [2.75, 3.05) is 26.2 Å². The van der Waals surface area contributed by atoms with E-state index in [-0.39, 0.29) is 17.8 Å². The largest absolute Gasteiger partial charge is 0.342 e. The first kappa shape index (κ1) is 15.1. The zero-order valence-electron chi connectivity index (χ0n) is 11.8. The molecule has 3 nitrogen and oxygen atoms in total. The van der Waals surface area contributed by atoms with Crippen LogP contribution in [0.15, 0.2) is 0 Å². The van der Waals surface area contributed by atoms with Crippen molar-refractivity contribution in [2.45, 2.75) is 51.4 Å². The molecule has 110 valence electrons. The van der Waals surface area contributed by atoms with Crippen molar-refractivity contribution < 1.29 is 4.79 Å². The van der Waals surface area contributed by atoms with Gasteiger partial charge in [-0.3, -0.25) is 4.79 Å². The number of rotatable bonds is 1. The average molecular weight is 287 g/mol. The fourth-order valence-electron chi connectivity index (χ4n) is 4.26. The third kappa shape index (κ3) is 2.78. The van der Waals surface area contributed by atoms with E-state index < -0.39 is 0 Å². The van der Waals surface area contributed by atoms with E-state index >= 15 is 0 Å². The van der Waals surface area contributed by atoms with E-state index in [1.807, 2.05) is 0 Å². The minimum atomic E-state index is -0.0252. The van der Waals surface area contributed by atoms with Gasteiger partial charge in [-0.15, -0.1) is 12.4 Å². The summed E-state index contributed by atoms with van der Waals surface area (Å²) >= 11 is 0. The Morgan fingerprint density at radius 3 is 2.53 bits per heavy atom. The van der Waals surface area contributed by atoms with Gasteiger partial charge in [-0.05, 0) is 38.1 Å². The maximum Gasteiger partial charge on any atom is 0.230 e. The Hall–Kier alpha value is -0.280. The highest BCUT2D eigenvalue weighted by molar-refractivity contribution is 5.85. The summed E-state index contributed by atoms with van der Waals surface area (Å²) in [5.41, 5.74) is -0.0252. The van der Waals surface area contributed by atoms with Gasteiger partial charge in [0.05, 0.1) is 5.41 Å². The molecule has 3 fully saturated rings. The summed E-state index contributed by atoms with van der Waals surface area (Å²) in [6.45, 7) is 4.02. The van der Waals surface area contributed by atoms with Gasteiger partial charge in [0.1, 0.15) is 0 Å². The summed E-state index contributed by atoms with van der Waals surface area (Å²) in [5.74, 6) is 1.10. The summed E-state index contributed by atoms with van der Waals surface area (Å²) in [6, 6.07) is 0. The summed E-state index contributed by atoms with van der Waals surface area (Å²) in [7, 11) is 0. The Bertz CT molecular complexity index is 315. The number of hydrogen-bond donors (Lipinski definition) is 1. The zero-order chi connectivity index (χ0) is 12.4. The van der Waals surface area contributed by atoms with Gasteiger partial charge in [0.15, 0.2) is 0 Å². The standard InChI is InChI=1S/C15H26N2O.ClH/c18-14(17-9-5-1-2-6-10-17)15-8-4-3-7-13(15)11-16-12-15;/h13,16H,1-12H2;1H/t13-,15+;/m0./s1. The molecule has 0 spiro atoms. The SMILES string of the molecule is Cl.O=C(N1CCCCCC1)[C@@]12CCCC[C@H]1CNC2. The molecule has 2 heterocycles. The van der Waals surface area contributed by atoms with Gasteiger partial charge in [-0.2, -0.15) is 0 Å². The number of halogens is 1. The lowest BCUT2D eigenvalue weighted by atomic mass is 9.67. The molecule has 0 bridgehead atoms. The molecule has 4 heteroatoms. The zero-order valence-corrected chi connectivity index (χ0v) is 12.6. The first-order chi connectivity index (χ1) is 8.83. The molecular formula is C15H27ClN2O. The highest BCUT2D eigenvalue weighted by atomic mass is 35.5. The predicted molar refractivity (Wildman–Crippen MR) is 79.6 cm³/mol. The van der Waals surface area contributed by atoms with Crippen molar-refractivity contribution in [3.8, 4) is 0 Å². The fraction of sp³-hybridized carbons (Fsp3) is 0.933. The lowest BCUT2D eigenvalue weighted by Crippen LogP contribution is -2.50. The van der Waals surface area contributed by atoms with Crippen LogP contribution in [0.2, 0.25) is 0 Å². The molecule has 1 amide bonds. The highest BCUT2D eigenvalue weighted by Gasteiger charge is 2.51. The molecule has 0 radical (unpaired) electrons. The molecule has 0 aromatic heterocycles. The van der Waals surface area contributed by atoms with Crippen LogP contribution in [0.1, 0.15) is 51.4 Å². The second kappa shape index (κ2) is 6.45. The van der Waals surface area contributed by atoms with Crippen LogP contribution in [0.3, 0.4) is 0 Å². The Morgan fingerprint density at radius 2 is 1.79 bits per heavy atom. The third-order valence-corrected chi connectivity index (χ3v) is 5.36. The second-order valence-corrected chi connectivity index (χ2v) is 6.44. The van der Waals surface area contributed by atoms with Crippen LogP contribution in [0.5, 0.6) is 0 Å². The average Bonchev–Trinajstić information content (AvgIpc) is 2.66. The van der Waals surface area contributed by atoms with Gasteiger partial charge >= 0.3 is 0 Å². The number of hydrogen-bond acceptors (Lipinski definition) is 2. The summed E-state index contributed by atoms with van der Waals surface area (Å²) in [4.78, 5) is 15.2. The quantitative estimate of drug-likeness (QED) is 0.804. The van der Waals surface area contributed by atoms with E-state index in [9.17, 15) is 4.79 Å². The van der Waals surface area contributed by atoms with Crippen molar-refractivity contribution >= 4 is 18.3 Å². The number of carbonyl (C=O) groups excluding carboxylic acids is 1. The molecule has 3 rings (SSSR count). The van der Waals surface area contributed by atoms with Crippen LogP contribution >= 0.6 is 12.4 Å². The monoisotopic (exact) mass is 286 g/mol. The molecule has 0 unspecified atom stereocenters. The Kier molecular flexibility index (Phi) is 5.13. The molecule has 19 heavy (non-hydrogen) atoms. The number of nitrogens with one attached hydrogen (secondary N) is 1. The first-order valence-electron chi connectivity index (χ1n) is 7.83. The lowest BCUT2D eigenvalue weighted by molar-refractivity contribution is -0.145. The minimum Gasteiger partial charge on any atom is -0.342 e. The number of nitrogens with zero attached hydrogens (tertiary/aromatic N) is 1. The maximum absolute atomic E-state index is 13.0. The number of likely N-dealkylation sites (tertiary alicyclic amines) is 1. The summed E-state index contributed by atoms with van der Waals surface area (Å²) in [6.07, 6.45) is 9.97. The number of amides is 1. The summed E-state index contributed by atoms with van der Waals surface area (Å²) < 4.78 is 0. The molecule has 1 N–H and O–H groups in total. The van der Waals surface area contributed by atoms with E-state index in [0.717, 1.165) is 32.6 Å². The third-order valence-electron chi connectivity index (χ3n) is 5.36. The molecule has 1 aliphatic carbocycles. The van der Waals surface area contributed by atoms with Gasteiger partial charge in [0.25, 0.3) is 0 Å². The normalized spacial score (nSPS) is 35.2. The Labute approximate surface area is 122 Å². The molecule has 2 atom stereocenters. The van der Waals surface area contributed by atoms with Crippen LogP contribution < -0.4 is 5.32 Å². The smallest absolute Gasteiger partial charge is 0.230 e. The molecular weight excluding hydrogens is 260 g/mol. The van der Waals surface area contributed by atoms with Crippen LogP contribution in [0.4, 0.5) is 0 Å². The van der Waals surface area contributed by atoms with Crippen molar-refractivity contribution in [3.63, 3.8) is 0 Å². The number of carbonyl (C=O) groups is 1. The molecule has 3 aliphatic rings. The topological polar surface area (TPSA) is 32.3 Å². The van der Waals surface area contributed by atoms with E-state index in [2.05, 4.69) is 10.2 Å². The summed E-state index contributed by atoms with van der Waals surface area (Å²) in [5, 5.41) is 3.49. The Morgan fingerprint density at radius 1 is 1.05 bits per heavy atom. The van der Waals surface area contributed by atoms with Crippen molar-refractivity contribution in [1.82, 2.24) is 10.2 Å². The molecule has 2 saturated heterocycles. The van der Waals surface area contributed by atoms with Crippen molar-refractivity contribution in [1.29, 1.82) is 0 Å². The number of fused-ring (bicyclic) bond motifs is 1. The molecule has 0 aromatic rings. The van der Waals surface area contributed by atoms with Gasteiger partial charge in [-0.25, -0.2) is 0 Å². The Balaban J connectivity index is 0.00000133. The lowest BCUT2D eigenvalue weighted by Gasteiger charge is -2.40. The van der Waals surface area contributed by atoms with E-state index in [1.165, 1.54) is 44.9 Å². The van der Waals surface area contributed by atoms with Gasteiger partial charge in [-0.1, -0.05) is 25.7 Å². The van der Waals surface area contributed by atoms with E-state index in [1.54, 1.807) is 0 Å². The highest BCUT2D eigenvalue weighted by Crippen LogP contribution is 2.45. The van der Waals surface area contributed by atoms with Crippen LogP contribution in [-0.4, -0.2) is 37.0 Å². The molecule has 2 aliphatic heterocycles. The fourth-order valence-corrected chi connectivity index (χ4v) is 4.26. The first-order valence-corrected chi connectivity index (χ1v) is 7.83. The molecule has 0 aromatic carbocycles. The van der Waals surface area contributed by atoms with E-state index in [4.69, 9.17) is 0 Å². The van der Waals surface area contributed by atoms with Gasteiger partial charge in [0, 0.05) is 19.6 Å².